The Hall–Kier alpha value is -1.10. The average Bonchev–Trinajstić information content (AvgIpc) is 2.14. The average molecular weight is 201 g/mol. The fourth-order valence-electron chi connectivity index (χ4n) is 0.948. The van der Waals surface area contributed by atoms with Crippen molar-refractivity contribution in [1.29, 1.82) is 0 Å². The normalized spacial score (nSPS) is 12.1. The molecular weight excluding hydrogens is 182 g/mol. The Kier molecular flexibility index (Phi) is 6.74. The van der Waals surface area contributed by atoms with Gasteiger partial charge in [-0.2, -0.15) is 0 Å². The zero-order chi connectivity index (χ0) is 11.0. The molecule has 0 aromatic rings. The van der Waals surface area contributed by atoms with Gasteiger partial charge in [0.25, 0.3) is 0 Å². The number of nitrogens with one attached hydrogen (secondary N) is 1. The van der Waals surface area contributed by atoms with Crippen molar-refractivity contribution in [3.8, 4) is 0 Å². The molecule has 0 aromatic heterocycles. The van der Waals surface area contributed by atoms with Gasteiger partial charge in [-0.05, 0) is 6.42 Å². The van der Waals surface area contributed by atoms with Gasteiger partial charge < -0.3 is 16.8 Å². The van der Waals surface area contributed by atoms with Gasteiger partial charge in [-0.1, -0.05) is 19.8 Å². The molecule has 0 aliphatic carbocycles. The highest BCUT2D eigenvalue weighted by Crippen LogP contribution is 1.97. The lowest BCUT2D eigenvalue weighted by molar-refractivity contribution is -0.122. The van der Waals surface area contributed by atoms with E-state index in [2.05, 4.69) is 12.2 Å². The summed E-state index contributed by atoms with van der Waals surface area (Å²) in [5.41, 5.74) is 10.3. The lowest BCUT2D eigenvalue weighted by atomic mass is 10.2. The molecule has 5 N–H and O–H groups in total. The summed E-state index contributed by atoms with van der Waals surface area (Å²) in [4.78, 5) is 21.6. The van der Waals surface area contributed by atoms with E-state index in [0.29, 0.717) is 6.42 Å². The predicted octanol–water partition coefficient (Wildman–Crippen LogP) is -0.504. The molecule has 0 fully saturated rings. The summed E-state index contributed by atoms with van der Waals surface area (Å²) in [6, 6.07) is -0.787. The Bertz CT molecular complexity index is 194. The fourth-order valence-corrected chi connectivity index (χ4v) is 0.948. The van der Waals surface area contributed by atoms with E-state index in [0.717, 1.165) is 19.3 Å². The predicted molar refractivity (Wildman–Crippen MR) is 54.3 cm³/mol. The van der Waals surface area contributed by atoms with E-state index >= 15 is 0 Å². The summed E-state index contributed by atoms with van der Waals surface area (Å²) < 4.78 is 0. The molecule has 0 aliphatic rings. The van der Waals surface area contributed by atoms with Crippen LogP contribution in [-0.4, -0.2) is 24.4 Å². The minimum Gasteiger partial charge on any atom is -0.368 e. The smallest absolute Gasteiger partial charge is 0.236 e. The lowest BCUT2D eigenvalue weighted by Crippen LogP contribution is -2.45. The summed E-state index contributed by atoms with van der Waals surface area (Å²) in [7, 11) is 0. The van der Waals surface area contributed by atoms with Crippen molar-refractivity contribution in [2.45, 2.75) is 38.6 Å². The van der Waals surface area contributed by atoms with Gasteiger partial charge in [-0.25, -0.2) is 0 Å². The van der Waals surface area contributed by atoms with E-state index in [1.165, 1.54) is 0 Å². The molecule has 0 spiro atoms. The lowest BCUT2D eigenvalue weighted by Gasteiger charge is -2.08. The standard InChI is InChI=1S/C9H19N3O2/c1-2-3-4-5-8(13)12-6-7(10)9(11)14/h7H,2-6,10H2,1H3,(H2,11,14)(H,12,13). The van der Waals surface area contributed by atoms with Crippen LogP contribution in [0, 0.1) is 0 Å². The van der Waals surface area contributed by atoms with Crippen LogP contribution in [0.1, 0.15) is 32.6 Å². The first-order valence-corrected chi connectivity index (χ1v) is 4.89. The molecule has 5 nitrogen and oxygen atoms in total. The number of carbonyl (C=O) groups is 2. The topological polar surface area (TPSA) is 98.2 Å². The van der Waals surface area contributed by atoms with Crippen molar-refractivity contribution in [2.75, 3.05) is 6.54 Å². The van der Waals surface area contributed by atoms with Gasteiger partial charge in [0.05, 0.1) is 0 Å². The highest BCUT2D eigenvalue weighted by atomic mass is 16.2. The maximum atomic E-state index is 11.1. The molecule has 0 aliphatic heterocycles. The first-order chi connectivity index (χ1) is 6.57. The molecule has 1 unspecified atom stereocenters. The van der Waals surface area contributed by atoms with Crippen LogP contribution in [0.2, 0.25) is 0 Å². The number of rotatable bonds is 7. The SMILES string of the molecule is CCCCCC(=O)NCC(N)C(N)=O. The van der Waals surface area contributed by atoms with Gasteiger partial charge in [0, 0.05) is 13.0 Å². The minimum atomic E-state index is -0.787. The Morgan fingerprint density at radius 2 is 2.00 bits per heavy atom. The van der Waals surface area contributed by atoms with Crippen LogP contribution in [0.5, 0.6) is 0 Å². The molecule has 82 valence electrons. The van der Waals surface area contributed by atoms with Crippen LogP contribution in [0.4, 0.5) is 0 Å². The number of nitrogens with two attached hydrogens (primary N) is 2. The molecule has 0 bridgehead atoms. The molecular formula is C9H19N3O2. The summed E-state index contributed by atoms with van der Waals surface area (Å²) in [5.74, 6) is -0.672. The summed E-state index contributed by atoms with van der Waals surface area (Å²) >= 11 is 0. The number of amides is 2. The number of hydrogen-bond acceptors (Lipinski definition) is 3. The van der Waals surface area contributed by atoms with Gasteiger partial charge in [0.1, 0.15) is 6.04 Å². The molecule has 0 radical (unpaired) electrons. The third-order valence-electron chi connectivity index (χ3n) is 1.89. The molecule has 0 rings (SSSR count). The number of carbonyl (C=O) groups excluding carboxylic acids is 2. The zero-order valence-corrected chi connectivity index (χ0v) is 8.58. The second-order valence-electron chi connectivity index (χ2n) is 3.27. The van der Waals surface area contributed by atoms with Gasteiger partial charge in [-0.3, -0.25) is 9.59 Å². The molecule has 0 saturated heterocycles. The van der Waals surface area contributed by atoms with Crippen LogP contribution < -0.4 is 16.8 Å². The van der Waals surface area contributed by atoms with Gasteiger partial charge in [-0.15, -0.1) is 0 Å². The van der Waals surface area contributed by atoms with E-state index < -0.39 is 11.9 Å². The monoisotopic (exact) mass is 201 g/mol. The summed E-state index contributed by atoms with van der Waals surface area (Å²) in [6.07, 6.45) is 3.47. The van der Waals surface area contributed by atoms with Crippen molar-refractivity contribution in [3.05, 3.63) is 0 Å². The number of primary amides is 1. The molecule has 1 atom stereocenters. The molecule has 0 aromatic carbocycles. The zero-order valence-electron chi connectivity index (χ0n) is 8.58. The van der Waals surface area contributed by atoms with Crippen LogP contribution >= 0.6 is 0 Å². The number of hydrogen-bond donors (Lipinski definition) is 3. The van der Waals surface area contributed by atoms with Crippen molar-refractivity contribution >= 4 is 11.8 Å². The fraction of sp³-hybridized carbons (Fsp3) is 0.778. The van der Waals surface area contributed by atoms with Crippen molar-refractivity contribution in [3.63, 3.8) is 0 Å². The second kappa shape index (κ2) is 7.32. The van der Waals surface area contributed by atoms with E-state index in [1.807, 2.05) is 0 Å². The second-order valence-corrected chi connectivity index (χ2v) is 3.27. The summed E-state index contributed by atoms with van der Waals surface area (Å²) in [5, 5.41) is 2.56. The molecule has 5 heteroatoms. The highest BCUT2D eigenvalue weighted by molar-refractivity contribution is 5.81. The van der Waals surface area contributed by atoms with Gasteiger partial charge in [0.15, 0.2) is 0 Å². The van der Waals surface area contributed by atoms with Crippen molar-refractivity contribution < 1.29 is 9.59 Å². The quantitative estimate of drug-likeness (QED) is 0.484. The van der Waals surface area contributed by atoms with Gasteiger partial charge >= 0.3 is 0 Å². The summed E-state index contributed by atoms with van der Waals surface area (Å²) in [6.45, 7) is 2.20. The van der Waals surface area contributed by atoms with Crippen molar-refractivity contribution in [1.82, 2.24) is 5.32 Å². The van der Waals surface area contributed by atoms with Gasteiger partial charge in [0.2, 0.25) is 11.8 Å². The maximum Gasteiger partial charge on any atom is 0.236 e. The first kappa shape index (κ1) is 12.9. The Morgan fingerprint density at radius 3 is 2.50 bits per heavy atom. The van der Waals surface area contributed by atoms with Crippen LogP contribution in [0.3, 0.4) is 0 Å². The molecule has 0 saturated carbocycles. The molecule has 2 amide bonds. The third kappa shape index (κ3) is 6.42. The Morgan fingerprint density at radius 1 is 1.36 bits per heavy atom. The van der Waals surface area contributed by atoms with Crippen LogP contribution in [-0.2, 0) is 9.59 Å². The van der Waals surface area contributed by atoms with E-state index in [9.17, 15) is 9.59 Å². The molecule has 14 heavy (non-hydrogen) atoms. The van der Waals surface area contributed by atoms with E-state index in [4.69, 9.17) is 11.5 Å². The van der Waals surface area contributed by atoms with E-state index in [-0.39, 0.29) is 12.5 Å². The minimum absolute atomic E-state index is 0.0739. The van der Waals surface area contributed by atoms with Crippen molar-refractivity contribution in [2.24, 2.45) is 11.5 Å². The Labute approximate surface area is 84.2 Å². The molecule has 0 heterocycles. The first-order valence-electron chi connectivity index (χ1n) is 4.89. The van der Waals surface area contributed by atoms with E-state index in [1.54, 1.807) is 0 Å². The van der Waals surface area contributed by atoms with Crippen LogP contribution in [0.15, 0.2) is 0 Å². The maximum absolute atomic E-state index is 11.1. The third-order valence-corrected chi connectivity index (χ3v) is 1.89. The number of unbranched alkanes of at least 4 members (excludes halogenated alkanes) is 2. The Balaban J connectivity index is 3.48. The largest absolute Gasteiger partial charge is 0.368 e. The van der Waals surface area contributed by atoms with Crippen LogP contribution in [0.25, 0.3) is 0 Å². The highest BCUT2D eigenvalue weighted by Gasteiger charge is 2.09.